The lowest BCUT2D eigenvalue weighted by Gasteiger charge is -2.19. The van der Waals surface area contributed by atoms with E-state index in [1.54, 1.807) is 31.4 Å². The van der Waals surface area contributed by atoms with Crippen molar-refractivity contribution >= 4 is 17.5 Å². The molecular weight excluding hydrogens is 238 g/mol. The third-order valence-electron chi connectivity index (χ3n) is 2.62. The number of alkyl halides is 1. The van der Waals surface area contributed by atoms with E-state index in [4.69, 9.17) is 16.3 Å². The number of hydrogen-bond acceptors (Lipinski definition) is 2. The Morgan fingerprint density at radius 1 is 1.47 bits per heavy atom. The zero-order valence-electron chi connectivity index (χ0n) is 10.4. The van der Waals surface area contributed by atoms with E-state index in [0.717, 1.165) is 0 Å². The minimum Gasteiger partial charge on any atom is -0.497 e. The number of ether oxygens (including phenoxy) is 1. The van der Waals surface area contributed by atoms with Gasteiger partial charge < -0.3 is 10.1 Å². The highest BCUT2D eigenvalue weighted by Gasteiger charge is 2.16. The summed E-state index contributed by atoms with van der Waals surface area (Å²) in [4.78, 5) is 12.0. The summed E-state index contributed by atoms with van der Waals surface area (Å²) in [6.07, 6.45) is 0. The van der Waals surface area contributed by atoms with Crippen LogP contribution in [0.2, 0.25) is 0 Å². The standard InChI is InChI=1S/C13H18ClNO2/c1-9(2)12(8-14)15-13(16)10-5-4-6-11(7-10)17-3/h4-7,9,12H,8H2,1-3H3,(H,15,16). The van der Waals surface area contributed by atoms with Crippen LogP contribution >= 0.6 is 11.6 Å². The average Bonchev–Trinajstić information content (AvgIpc) is 2.35. The smallest absolute Gasteiger partial charge is 0.251 e. The maximum Gasteiger partial charge on any atom is 0.251 e. The number of carbonyl (C=O) groups excluding carboxylic acids is 1. The number of halogens is 1. The molecule has 0 aliphatic carbocycles. The van der Waals surface area contributed by atoms with Gasteiger partial charge >= 0.3 is 0 Å². The van der Waals surface area contributed by atoms with Gasteiger partial charge in [-0.05, 0) is 24.1 Å². The van der Waals surface area contributed by atoms with Crippen molar-refractivity contribution in [3.05, 3.63) is 29.8 Å². The predicted molar refractivity (Wildman–Crippen MR) is 69.8 cm³/mol. The van der Waals surface area contributed by atoms with Gasteiger partial charge in [-0.3, -0.25) is 4.79 Å². The number of nitrogens with one attached hydrogen (secondary N) is 1. The van der Waals surface area contributed by atoms with E-state index in [1.165, 1.54) is 0 Å². The minimum absolute atomic E-state index is 0.0182. The molecule has 4 heteroatoms. The first-order valence-electron chi connectivity index (χ1n) is 5.59. The summed E-state index contributed by atoms with van der Waals surface area (Å²) in [5, 5.41) is 2.91. The molecule has 1 N–H and O–H groups in total. The van der Waals surface area contributed by atoms with Crippen LogP contribution in [0, 0.1) is 5.92 Å². The number of hydrogen-bond donors (Lipinski definition) is 1. The van der Waals surface area contributed by atoms with Crippen LogP contribution < -0.4 is 10.1 Å². The lowest BCUT2D eigenvalue weighted by atomic mass is 10.1. The molecule has 0 saturated heterocycles. The van der Waals surface area contributed by atoms with Gasteiger partial charge in [0.2, 0.25) is 0 Å². The quantitative estimate of drug-likeness (QED) is 0.822. The van der Waals surface area contributed by atoms with Crippen molar-refractivity contribution in [1.29, 1.82) is 0 Å². The summed E-state index contributed by atoms with van der Waals surface area (Å²) >= 11 is 5.81. The largest absolute Gasteiger partial charge is 0.497 e. The van der Waals surface area contributed by atoms with Gasteiger partial charge in [0.15, 0.2) is 0 Å². The first kappa shape index (κ1) is 13.8. The fourth-order valence-electron chi connectivity index (χ4n) is 1.40. The lowest BCUT2D eigenvalue weighted by molar-refractivity contribution is 0.0931. The number of benzene rings is 1. The van der Waals surface area contributed by atoms with Gasteiger partial charge in [0.1, 0.15) is 5.75 Å². The van der Waals surface area contributed by atoms with Crippen molar-refractivity contribution in [2.24, 2.45) is 5.92 Å². The van der Waals surface area contributed by atoms with Crippen LogP contribution in [0.15, 0.2) is 24.3 Å². The van der Waals surface area contributed by atoms with E-state index in [2.05, 4.69) is 5.32 Å². The molecule has 1 rings (SSSR count). The van der Waals surface area contributed by atoms with Crippen molar-refractivity contribution < 1.29 is 9.53 Å². The van der Waals surface area contributed by atoms with Crippen LogP contribution in [0.3, 0.4) is 0 Å². The molecule has 1 aromatic rings. The second-order valence-corrected chi connectivity index (χ2v) is 4.52. The molecule has 0 spiro atoms. The number of carbonyl (C=O) groups is 1. The molecule has 1 amide bonds. The molecule has 94 valence electrons. The second-order valence-electron chi connectivity index (χ2n) is 4.21. The fraction of sp³-hybridized carbons (Fsp3) is 0.462. The molecule has 1 aromatic carbocycles. The van der Waals surface area contributed by atoms with Crippen molar-refractivity contribution in [3.8, 4) is 5.75 Å². The van der Waals surface area contributed by atoms with Gasteiger partial charge in [-0.15, -0.1) is 11.6 Å². The van der Waals surface area contributed by atoms with Crippen LogP contribution in [-0.2, 0) is 0 Å². The topological polar surface area (TPSA) is 38.3 Å². The van der Waals surface area contributed by atoms with Crippen molar-refractivity contribution in [1.82, 2.24) is 5.32 Å². The van der Waals surface area contributed by atoms with Gasteiger partial charge in [0, 0.05) is 17.5 Å². The highest BCUT2D eigenvalue weighted by atomic mass is 35.5. The highest BCUT2D eigenvalue weighted by molar-refractivity contribution is 6.18. The Kier molecular flexibility index (Phi) is 5.29. The van der Waals surface area contributed by atoms with Gasteiger partial charge in [0.25, 0.3) is 5.91 Å². The molecule has 0 fully saturated rings. The molecule has 0 heterocycles. The Morgan fingerprint density at radius 3 is 2.71 bits per heavy atom. The van der Waals surface area contributed by atoms with Crippen LogP contribution in [0.1, 0.15) is 24.2 Å². The van der Waals surface area contributed by atoms with Gasteiger partial charge in [-0.25, -0.2) is 0 Å². The Labute approximate surface area is 107 Å². The minimum atomic E-state index is -0.122. The van der Waals surface area contributed by atoms with Crippen molar-refractivity contribution in [2.45, 2.75) is 19.9 Å². The Balaban J connectivity index is 2.75. The summed E-state index contributed by atoms with van der Waals surface area (Å²) in [5.41, 5.74) is 0.583. The van der Waals surface area contributed by atoms with E-state index in [9.17, 15) is 4.79 Å². The lowest BCUT2D eigenvalue weighted by Crippen LogP contribution is -2.39. The van der Waals surface area contributed by atoms with Crippen LogP contribution in [-0.4, -0.2) is 24.9 Å². The molecule has 1 unspecified atom stereocenters. The maximum absolute atomic E-state index is 12.0. The monoisotopic (exact) mass is 255 g/mol. The second kappa shape index (κ2) is 6.50. The van der Waals surface area contributed by atoms with Crippen LogP contribution in [0.5, 0.6) is 5.75 Å². The van der Waals surface area contributed by atoms with Crippen molar-refractivity contribution in [3.63, 3.8) is 0 Å². The van der Waals surface area contributed by atoms with E-state index in [-0.39, 0.29) is 11.9 Å². The third kappa shape index (κ3) is 3.93. The summed E-state index contributed by atoms with van der Waals surface area (Å²) in [6.45, 7) is 4.05. The van der Waals surface area contributed by atoms with E-state index < -0.39 is 0 Å². The summed E-state index contributed by atoms with van der Waals surface area (Å²) in [5.74, 6) is 1.27. The number of amides is 1. The predicted octanol–water partition coefficient (Wildman–Crippen LogP) is 2.69. The Morgan fingerprint density at radius 2 is 2.18 bits per heavy atom. The molecule has 0 saturated carbocycles. The van der Waals surface area contributed by atoms with Crippen LogP contribution in [0.4, 0.5) is 0 Å². The Bertz CT molecular complexity index is 379. The van der Waals surface area contributed by atoms with Gasteiger partial charge in [-0.2, -0.15) is 0 Å². The molecule has 1 atom stereocenters. The van der Waals surface area contributed by atoms with E-state index >= 15 is 0 Å². The molecule has 3 nitrogen and oxygen atoms in total. The van der Waals surface area contributed by atoms with Gasteiger partial charge in [-0.1, -0.05) is 19.9 Å². The van der Waals surface area contributed by atoms with E-state index in [1.807, 2.05) is 13.8 Å². The zero-order chi connectivity index (χ0) is 12.8. The molecule has 17 heavy (non-hydrogen) atoms. The number of methoxy groups -OCH3 is 1. The normalized spacial score (nSPS) is 12.3. The molecule has 0 radical (unpaired) electrons. The van der Waals surface area contributed by atoms with Gasteiger partial charge in [0.05, 0.1) is 7.11 Å². The Hall–Kier alpha value is -1.22. The molecular formula is C13H18ClNO2. The molecule has 0 aliphatic heterocycles. The first-order chi connectivity index (χ1) is 8.08. The first-order valence-corrected chi connectivity index (χ1v) is 6.12. The van der Waals surface area contributed by atoms with Crippen molar-refractivity contribution in [2.75, 3.05) is 13.0 Å². The highest BCUT2D eigenvalue weighted by Crippen LogP contribution is 2.13. The summed E-state index contributed by atoms with van der Waals surface area (Å²) in [6, 6.07) is 7.04. The zero-order valence-corrected chi connectivity index (χ0v) is 11.1. The molecule has 0 aliphatic rings. The number of rotatable bonds is 5. The van der Waals surface area contributed by atoms with E-state index in [0.29, 0.717) is 23.1 Å². The summed E-state index contributed by atoms with van der Waals surface area (Å²) in [7, 11) is 1.58. The SMILES string of the molecule is COc1cccc(C(=O)NC(CCl)C(C)C)c1. The van der Waals surface area contributed by atoms with Crippen LogP contribution in [0.25, 0.3) is 0 Å². The molecule has 0 bridgehead atoms. The third-order valence-corrected chi connectivity index (χ3v) is 2.95. The fourth-order valence-corrected chi connectivity index (χ4v) is 1.83. The molecule has 0 aromatic heterocycles. The summed E-state index contributed by atoms with van der Waals surface area (Å²) < 4.78 is 5.08. The average molecular weight is 256 g/mol. The maximum atomic E-state index is 12.0.